The number of amides is 1. The molecule has 4 aromatic rings. The molecule has 2 aromatic heterocycles. The number of thioether (sulfide) groups is 1. The van der Waals surface area contributed by atoms with Crippen molar-refractivity contribution < 1.29 is 13.6 Å². The number of benzene rings is 2. The fourth-order valence-electron chi connectivity index (χ4n) is 2.82. The number of aryl methyl sites for hydroxylation is 1. The number of carbonyl (C=O) groups is 1. The Kier molecular flexibility index (Phi) is 5.45. The summed E-state index contributed by atoms with van der Waals surface area (Å²) in [6, 6.07) is 10.5. The molecule has 0 bridgehead atoms. The minimum atomic E-state index is -0.498. The molecule has 0 aliphatic rings. The van der Waals surface area contributed by atoms with E-state index < -0.39 is 5.25 Å². The van der Waals surface area contributed by atoms with Crippen molar-refractivity contribution >= 4 is 34.4 Å². The highest BCUT2D eigenvalue weighted by atomic mass is 32.2. The van der Waals surface area contributed by atoms with E-state index in [-0.39, 0.29) is 17.5 Å². The number of hydrogen-bond donors (Lipinski definition) is 1. The number of nitrogens with zero attached hydrogens (tertiary/aromatic N) is 4. The third kappa shape index (κ3) is 4.02. The molecular weight excluding hydrogens is 408 g/mol. The third-order valence-corrected chi connectivity index (χ3v) is 5.61. The Morgan fingerprint density at radius 3 is 2.63 bits per heavy atom. The van der Waals surface area contributed by atoms with Crippen LogP contribution in [0.5, 0.6) is 0 Å². The molecule has 1 atom stereocenters. The summed E-state index contributed by atoms with van der Waals surface area (Å²) >= 11 is 1.25. The van der Waals surface area contributed by atoms with Crippen LogP contribution >= 0.6 is 11.8 Å². The first-order chi connectivity index (χ1) is 14.4. The average molecular weight is 425 g/mol. The van der Waals surface area contributed by atoms with Gasteiger partial charge in [0.05, 0.1) is 22.5 Å². The standard InChI is InChI=1S/C21H17F2N5OS/c1-12-3-6-15(9-18(12)23)27-20(29)13(2)30-21-17-10-26-28(19(17)24-11-25-21)16-7-4-14(22)5-8-16/h3-11,13H,1-2H3,(H,27,29). The topological polar surface area (TPSA) is 72.7 Å². The first-order valence-corrected chi connectivity index (χ1v) is 9.98. The highest BCUT2D eigenvalue weighted by Gasteiger charge is 2.19. The van der Waals surface area contributed by atoms with Gasteiger partial charge in [0.1, 0.15) is 23.0 Å². The van der Waals surface area contributed by atoms with E-state index in [1.165, 1.54) is 36.3 Å². The van der Waals surface area contributed by atoms with Gasteiger partial charge in [-0.2, -0.15) is 5.10 Å². The van der Waals surface area contributed by atoms with Gasteiger partial charge in [-0.3, -0.25) is 4.79 Å². The van der Waals surface area contributed by atoms with Gasteiger partial charge in [-0.1, -0.05) is 17.8 Å². The maximum atomic E-state index is 13.7. The quantitative estimate of drug-likeness (QED) is 0.376. The molecule has 0 spiro atoms. The van der Waals surface area contributed by atoms with Crippen LogP contribution < -0.4 is 5.32 Å². The lowest BCUT2D eigenvalue weighted by Gasteiger charge is -2.12. The van der Waals surface area contributed by atoms with Gasteiger partial charge in [0, 0.05) is 5.69 Å². The van der Waals surface area contributed by atoms with Gasteiger partial charge in [-0.05, 0) is 55.8 Å². The molecule has 0 radical (unpaired) electrons. The molecule has 1 amide bonds. The molecule has 1 unspecified atom stereocenters. The van der Waals surface area contributed by atoms with Gasteiger partial charge in [-0.25, -0.2) is 23.4 Å². The number of hydrogen-bond acceptors (Lipinski definition) is 5. The number of rotatable bonds is 5. The van der Waals surface area contributed by atoms with Crippen LogP contribution in [0.15, 0.2) is 60.0 Å². The molecule has 2 heterocycles. The molecule has 0 saturated heterocycles. The van der Waals surface area contributed by atoms with Crippen LogP contribution in [0.2, 0.25) is 0 Å². The Labute approximate surface area is 175 Å². The summed E-state index contributed by atoms with van der Waals surface area (Å²) in [5.41, 5.74) is 2.12. The van der Waals surface area contributed by atoms with Gasteiger partial charge >= 0.3 is 0 Å². The maximum absolute atomic E-state index is 13.7. The van der Waals surface area contributed by atoms with Crippen molar-refractivity contribution in [3.8, 4) is 5.69 Å². The molecule has 2 aromatic carbocycles. The number of fused-ring (bicyclic) bond motifs is 1. The van der Waals surface area contributed by atoms with Crippen molar-refractivity contribution in [1.82, 2.24) is 19.7 Å². The summed E-state index contributed by atoms with van der Waals surface area (Å²) in [5.74, 6) is -0.992. The number of nitrogens with one attached hydrogen (secondary N) is 1. The minimum Gasteiger partial charge on any atom is -0.325 e. The molecule has 30 heavy (non-hydrogen) atoms. The summed E-state index contributed by atoms with van der Waals surface area (Å²) in [7, 11) is 0. The van der Waals surface area contributed by atoms with Crippen LogP contribution in [0.3, 0.4) is 0 Å². The van der Waals surface area contributed by atoms with Gasteiger partial charge in [0.25, 0.3) is 0 Å². The van der Waals surface area contributed by atoms with Crippen molar-refractivity contribution in [2.45, 2.75) is 24.1 Å². The summed E-state index contributed by atoms with van der Waals surface area (Å²) in [6.07, 6.45) is 3.01. The normalized spacial score (nSPS) is 12.1. The fraction of sp³-hybridized carbons (Fsp3) is 0.143. The Morgan fingerprint density at radius 1 is 1.13 bits per heavy atom. The van der Waals surface area contributed by atoms with E-state index in [4.69, 9.17) is 0 Å². The van der Waals surface area contributed by atoms with Crippen molar-refractivity contribution in [3.05, 3.63) is 72.2 Å². The predicted octanol–water partition coefficient (Wildman–Crippen LogP) is 4.52. The molecule has 0 fully saturated rings. The van der Waals surface area contributed by atoms with Crippen molar-refractivity contribution in [1.29, 1.82) is 0 Å². The van der Waals surface area contributed by atoms with Crippen molar-refractivity contribution in [2.75, 3.05) is 5.32 Å². The average Bonchev–Trinajstić information content (AvgIpc) is 3.16. The third-order valence-electron chi connectivity index (χ3n) is 4.50. The lowest BCUT2D eigenvalue weighted by molar-refractivity contribution is -0.115. The van der Waals surface area contributed by atoms with Crippen LogP contribution in [-0.4, -0.2) is 30.9 Å². The Bertz CT molecular complexity index is 1230. The van der Waals surface area contributed by atoms with Gasteiger partial charge in [0.15, 0.2) is 5.65 Å². The van der Waals surface area contributed by atoms with Crippen LogP contribution in [-0.2, 0) is 4.79 Å². The number of aromatic nitrogens is 4. The zero-order valence-corrected chi connectivity index (χ0v) is 17.0. The molecule has 1 N–H and O–H groups in total. The second-order valence-corrected chi connectivity index (χ2v) is 7.99. The zero-order valence-electron chi connectivity index (χ0n) is 16.1. The van der Waals surface area contributed by atoms with E-state index in [0.29, 0.717) is 33.0 Å². The van der Waals surface area contributed by atoms with Gasteiger partial charge in [0.2, 0.25) is 5.91 Å². The van der Waals surface area contributed by atoms with Crippen LogP contribution in [0.1, 0.15) is 12.5 Å². The number of carbonyl (C=O) groups excluding carboxylic acids is 1. The number of halogens is 2. The van der Waals surface area contributed by atoms with E-state index in [2.05, 4.69) is 20.4 Å². The van der Waals surface area contributed by atoms with E-state index >= 15 is 0 Å². The molecule has 0 saturated carbocycles. The lowest BCUT2D eigenvalue weighted by atomic mass is 10.2. The molecule has 4 rings (SSSR count). The SMILES string of the molecule is Cc1ccc(NC(=O)C(C)Sc2ncnc3c2cnn3-c2ccc(F)cc2)cc1F. The Hall–Kier alpha value is -3.33. The Balaban J connectivity index is 1.55. The summed E-state index contributed by atoms with van der Waals surface area (Å²) in [5, 5.41) is 7.81. The molecule has 0 aliphatic carbocycles. The van der Waals surface area contributed by atoms with Crippen LogP contribution in [0.25, 0.3) is 16.7 Å². The van der Waals surface area contributed by atoms with E-state index in [1.807, 2.05) is 0 Å². The van der Waals surface area contributed by atoms with E-state index in [1.54, 1.807) is 49.0 Å². The number of anilines is 1. The summed E-state index contributed by atoms with van der Waals surface area (Å²) in [6.45, 7) is 3.40. The zero-order chi connectivity index (χ0) is 21.3. The second kappa shape index (κ2) is 8.19. The maximum Gasteiger partial charge on any atom is 0.237 e. The summed E-state index contributed by atoms with van der Waals surface area (Å²) < 4.78 is 28.5. The molecule has 6 nitrogen and oxygen atoms in total. The minimum absolute atomic E-state index is 0.277. The fourth-order valence-corrected chi connectivity index (χ4v) is 3.70. The Morgan fingerprint density at radius 2 is 1.90 bits per heavy atom. The van der Waals surface area contributed by atoms with Crippen molar-refractivity contribution in [3.63, 3.8) is 0 Å². The van der Waals surface area contributed by atoms with Crippen LogP contribution in [0.4, 0.5) is 14.5 Å². The molecule has 0 aliphatic heterocycles. The predicted molar refractivity (Wildman–Crippen MR) is 112 cm³/mol. The van der Waals surface area contributed by atoms with Gasteiger partial charge < -0.3 is 5.32 Å². The second-order valence-electron chi connectivity index (χ2n) is 6.66. The van der Waals surface area contributed by atoms with E-state index in [0.717, 1.165) is 0 Å². The largest absolute Gasteiger partial charge is 0.325 e. The van der Waals surface area contributed by atoms with Crippen molar-refractivity contribution in [2.24, 2.45) is 0 Å². The summed E-state index contributed by atoms with van der Waals surface area (Å²) in [4.78, 5) is 21.1. The van der Waals surface area contributed by atoms with E-state index in [9.17, 15) is 13.6 Å². The molecule has 9 heteroatoms. The highest BCUT2D eigenvalue weighted by molar-refractivity contribution is 8.00. The monoisotopic (exact) mass is 425 g/mol. The molecular formula is C21H17F2N5OS. The first kappa shape index (κ1) is 20.0. The molecule has 152 valence electrons. The lowest BCUT2D eigenvalue weighted by Crippen LogP contribution is -2.22. The first-order valence-electron chi connectivity index (χ1n) is 9.11. The smallest absolute Gasteiger partial charge is 0.237 e. The van der Waals surface area contributed by atoms with Crippen LogP contribution in [0, 0.1) is 18.6 Å². The highest BCUT2D eigenvalue weighted by Crippen LogP contribution is 2.29. The van der Waals surface area contributed by atoms with Gasteiger partial charge in [-0.15, -0.1) is 0 Å².